The second-order valence-electron chi connectivity index (χ2n) is 9.54. The number of alkyl halides is 2. The molecule has 5 rings (SSSR count). The molecule has 3 atom stereocenters. The Hall–Kier alpha value is -3.17. The highest BCUT2D eigenvalue weighted by molar-refractivity contribution is 5.95. The van der Waals surface area contributed by atoms with Gasteiger partial charge in [0, 0.05) is 17.9 Å². The second-order valence-corrected chi connectivity index (χ2v) is 9.54. The molecule has 0 saturated heterocycles. The van der Waals surface area contributed by atoms with E-state index in [0.717, 1.165) is 18.9 Å². The summed E-state index contributed by atoms with van der Waals surface area (Å²) in [6, 6.07) is 3.35. The summed E-state index contributed by atoms with van der Waals surface area (Å²) in [4.78, 5) is 25.0. The summed E-state index contributed by atoms with van der Waals surface area (Å²) < 4.78 is 54.3. The number of halogens is 3. The highest BCUT2D eigenvalue weighted by atomic mass is 19.3. The number of carbonyl (C=O) groups is 1. The summed E-state index contributed by atoms with van der Waals surface area (Å²) in [7, 11) is 0. The van der Waals surface area contributed by atoms with Gasteiger partial charge in [0.1, 0.15) is 17.6 Å². The molecular weight excluding hydrogens is 461 g/mol. The predicted molar refractivity (Wildman–Crippen MR) is 121 cm³/mol. The number of ether oxygens (including phenoxy) is 2. The van der Waals surface area contributed by atoms with Gasteiger partial charge >= 0.3 is 0 Å². The van der Waals surface area contributed by atoms with Crippen molar-refractivity contribution >= 4 is 11.8 Å². The Morgan fingerprint density at radius 2 is 2.00 bits per heavy atom. The SMILES string of the molecule is NC1=N[C@@](c2cc(CC(=O)c3cnc(OCC4CCCCC4)cn3)ccc2F)(C(F)F)[C@H]2C[C@H]2O1. The van der Waals surface area contributed by atoms with Crippen molar-refractivity contribution < 1.29 is 27.4 Å². The lowest BCUT2D eigenvalue weighted by Crippen LogP contribution is -2.43. The van der Waals surface area contributed by atoms with Crippen molar-refractivity contribution in [3.63, 3.8) is 0 Å². The molecule has 1 aliphatic heterocycles. The van der Waals surface area contributed by atoms with Crippen LogP contribution in [0.3, 0.4) is 0 Å². The van der Waals surface area contributed by atoms with Gasteiger partial charge in [-0.2, -0.15) is 0 Å². The summed E-state index contributed by atoms with van der Waals surface area (Å²) in [5, 5.41) is 0. The molecule has 0 amide bonds. The number of hydrogen-bond acceptors (Lipinski definition) is 7. The Morgan fingerprint density at radius 3 is 2.71 bits per heavy atom. The van der Waals surface area contributed by atoms with E-state index in [-0.39, 0.29) is 29.5 Å². The Labute approximate surface area is 201 Å². The third-order valence-electron chi connectivity index (χ3n) is 7.13. The lowest BCUT2D eigenvalue weighted by Gasteiger charge is -2.33. The third-order valence-corrected chi connectivity index (χ3v) is 7.13. The van der Waals surface area contributed by atoms with Crippen LogP contribution in [0.5, 0.6) is 5.88 Å². The molecule has 1 aromatic carbocycles. The molecule has 186 valence electrons. The smallest absolute Gasteiger partial charge is 0.283 e. The summed E-state index contributed by atoms with van der Waals surface area (Å²) in [6.45, 7) is 0.575. The van der Waals surface area contributed by atoms with Crippen LogP contribution in [0, 0.1) is 17.7 Å². The van der Waals surface area contributed by atoms with Gasteiger partial charge in [-0.25, -0.2) is 28.1 Å². The molecule has 0 bridgehead atoms. The van der Waals surface area contributed by atoms with Crippen LogP contribution in [-0.2, 0) is 16.7 Å². The number of hydrogen-bond donors (Lipinski definition) is 1. The Morgan fingerprint density at radius 1 is 1.20 bits per heavy atom. The first kappa shape index (κ1) is 23.6. The van der Waals surface area contributed by atoms with Gasteiger partial charge < -0.3 is 15.2 Å². The summed E-state index contributed by atoms with van der Waals surface area (Å²) in [5.74, 6) is -1.02. The van der Waals surface area contributed by atoms with E-state index in [1.807, 2.05) is 0 Å². The molecular formula is C25H27F3N4O3. The maximum Gasteiger partial charge on any atom is 0.283 e. The number of aliphatic imine (C=N–C) groups is 1. The van der Waals surface area contributed by atoms with Crippen molar-refractivity contribution in [1.82, 2.24) is 9.97 Å². The van der Waals surface area contributed by atoms with Crippen LogP contribution in [0.25, 0.3) is 0 Å². The van der Waals surface area contributed by atoms with Gasteiger partial charge in [-0.05, 0) is 42.9 Å². The quantitative estimate of drug-likeness (QED) is 0.560. The van der Waals surface area contributed by atoms with Gasteiger partial charge in [0.15, 0.2) is 11.3 Å². The number of carbonyl (C=O) groups excluding carboxylic acids is 1. The number of amidine groups is 1. The molecule has 2 saturated carbocycles. The first-order valence-corrected chi connectivity index (χ1v) is 11.9. The lowest BCUT2D eigenvalue weighted by molar-refractivity contribution is 0.0176. The third kappa shape index (κ3) is 4.70. The maximum absolute atomic E-state index is 14.8. The number of nitrogens with zero attached hydrogens (tertiary/aromatic N) is 3. The van der Waals surface area contributed by atoms with Crippen LogP contribution < -0.4 is 10.5 Å². The zero-order valence-electron chi connectivity index (χ0n) is 19.1. The minimum Gasteiger partial charge on any atom is -0.476 e. The molecule has 10 heteroatoms. The zero-order chi connectivity index (χ0) is 24.6. The van der Waals surface area contributed by atoms with Crippen LogP contribution in [0.15, 0.2) is 35.6 Å². The monoisotopic (exact) mass is 488 g/mol. The van der Waals surface area contributed by atoms with Crippen LogP contribution >= 0.6 is 0 Å². The van der Waals surface area contributed by atoms with Gasteiger partial charge in [-0.15, -0.1) is 0 Å². The summed E-state index contributed by atoms with van der Waals surface area (Å²) in [5.41, 5.74) is 3.68. The fourth-order valence-electron chi connectivity index (χ4n) is 5.16. The minimum atomic E-state index is -2.99. The van der Waals surface area contributed by atoms with Crippen LogP contribution in [0.2, 0.25) is 0 Å². The average Bonchev–Trinajstić information content (AvgIpc) is 3.64. The number of rotatable bonds is 8. The van der Waals surface area contributed by atoms with E-state index in [1.165, 1.54) is 43.8 Å². The molecule has 0 radical (unpaired) electrons. The van der Waals surface area contributed by atoms with E-state index >= 15 is 0 Å². The number of ketones is 1. The molecule has 3 aliphatic rings. The summed E-state index contributed by atoms with van der Waals surface area (Å²) >= 11 is 0. The second kappa shape index (κ2) is 9.47. The lowest BCUT2D eigenvalue weighted by atomic mass is 9.83. The average molecular weight is 489 g/mol. The number of Topliss-reactive ketones (excluding diaryl/α,β-unsaturated/α-hetero) is 1. The largest absolute Gasteiger partial charge is 0.476 e. The van der Waals surface area contributed by atoms with E-state index < -0.39 is 29.8 Å². The fraction of sp³-hybridized carbons (Fsp3) is 0.520. The van der Waals surface area contributed by atoms with Crippen molar-refractivity contribution in [1.29, 1.82) is 0 Å². The first-order valence-electron chi connectivity index (χ1n) is 11.9. The number of benzene rings is 1. The number of fused-ring (bicyclic) bond motifs is 1. The van der Waals surface area contributed by atoms with Crippen LogP contribution in [0.4, 0.5) is 13.2 Å². The molecule has 2 fully saturated rings. The molecule has 2 aliphatic carbocycles. The predicted octanol–water partition coefficient (Wildman–Crippen LogP) is 4.19. The van der Waals surface area contributed by atoms with Crippen LogP contribution in [0.1, 0.15) is 60.1 Å². The van der Waals surface area contributed by atoms with Crippen LogP contribution in [-0.4, -0.2) is 40.9 Å². The molecule has 2 aromatic rings. The molecule has 35 heavy (non-hydrogen) atoms. The molecule has 0 spiro atoms. The van der Waals surface area contributed by atoms with Crippen molar-refractivity contribution in [2.75, 3.05) is 6.61 Å². The van der Waals surface area contributed by atoms with Crippen molar-refractivity contribution in [3.8, 4) is 5.88 Å². The molecule has 2 heterocycles. The van der Waals surface area contributed by atoms with Gasteiger partial charge in [-0.1, -0.05) is 25.3 Å². The van der Waals surface area contributed by atoms with Gasteiger partial charge in [0.25, 0.3) is 12.4 Å². The maximum atomic E-state index is 14.8. The van der Waals surface area contributed by atoms with E-state index in [9.17, 15) is 18.0 Å². The van der Waals surface area contributed by atoms with E-state index in [0.29, 0.717) is 30.4 Å². The van der Waals surface area contributed by atoms with Gasteiger partial charge in [-0.3, -0.25) is 4.79 Å². The molecule has 1 aromatic heterocycles. The Balaban J connectivity index is 1.30. The van der Waals surface area contributed by atoms with Gasteiger partial charge in [0.05, 0.1) is 19.0 Å². The standard InChI is InChI=1S/C25H27F3N4O3/c26-18-7-6-15(8-16(18)25(23(27)28)17-10-21(17)35-24(29)32-25)9-20(33)19-11-31-22(12-30-19)34-13-14-4-2-1-3-5-14/h6-8,11-12,14,17,21,23H,1-5,9-10,13H2,(H2,29,32)/t17-,21+,25+/m0/s1. The highest BCUT2D eigenvalue weighted by Crippen LogP contribution is 2.56. The summed E-state index contributed by atoms with van der Waals surface area (Å²) in [6.07, 6.45) is 5.36. The minimum absolute atomic E-state index is 0.111. The fourth-order valence-corrected chi connectivity index (χ4v) is 5.16. The first-order chi connectivity index (χ1) is 16.9. The number of aromatic nitrogens is 2. The Bertz CT molecular complexity index is 1120. The van der Waals surface area contributed by atoms with Crippen molar-refractivity contribution in [2.24, 2.45) is 22.6 Å². The van der Waals surface area contributed by atoms with Gasteiger partial charge in [0.2, 0.25) is 5.88 Å². The highest BCUT2D eigenvalue weighted by Gasteiger charge is 2.64. The topological polar surface area (TPSA) is 99.7 Å². The molecule has 2 N–H and O–H groups in total. The van der Waals surface area contributed by atoms with E-state index in [2.05, 4.69) is 15.0 Å². The molecule has 7 nitrogen and oxygen atoms in total. The number of nitrogens with two attached hydrogens (primary N) is 1. The van der Waals surface area contributed by atoms with Crippen molar-refractivity contribution in [2.45, 2.75) is 63.0 Å². The molecule has 0 unspecified atom stereocenters. The zero-order valence-corrected chi connectivity index (χ0v) is 19.1. The normalized spacial score (nSPS) is 26.0. The van der Waals surface area contributed by atoms with E-state index in [1.54, 1.807) is 0 Å². The Kier molecular flexibility index (Phi) is 6.37. The van der Waals surface area contributed by atoms with Crippen molar-refractivity contribution in [3.05, 3.63) is 53.2 Å². The van der Waals surface area contributed by atoms with E-state index in [4.69, 9.17) is 15.2 Å².